The quantitative estimate of drug-likeness (QED) is 0.590. The smallest absolute Gasteiger partial charge is 0.320 e. The predicted octanol–water partition coefficient (Wildman–Crippen LogP) is 5.30. The molecule has 1 fully saturated rings. The highest BCUT2D eigenvalue weighted by Gasteiger charge is 2.27. The highest BCUT2D eigenvalue weighted by Crippen LogP contribution is 2.24. The van der Waals surface area contributed by atoms with Crippen molar-refractivity contribution in [1.82, 2.24) is 4.90 Å². The van der Waals surface area contributed by atoms with Gasteiger partial charge in [-0.2, -0.15) is 0 Å². The number of nitrogens with one attached hydrogen (secondary N) is 2. The van der Waals surface area contributed by atoms with Gasteiger partial charge in [0.2, 0.25) is 0 Å². The standard InChI is InChI=1S/C24H23FN4O2/c25-19-8-4-7-18(15-19)17-28-13-6-14-29(24(28)31)22-12-5-11-21(16-22)27-23(30)26-20-9-2-1-3-10-20/h1-5,7-12,15-16H,6,13-14,17H2,(H2,26,27,30). The predicted molar refractivity (Wildman–Crippen MR) is 120 cm³/mol. The van der Waals surface area contributed by atoms with E-state index >= 15 is 0 Å². The summed E-state index contributed by atoms with van der Waals surface area (Å²) < 4.78 is 13.5. The lowest BCUT2D eigenvalue weighted by Gasteiger charge is -2.36. The minimum absolute atomic E-state index is 0.138. The van der Waals surface area contributed by atoms with E-state index in [1.165, 1.54) is 12.1 Å². The number of nitrogens with zero attached hydrogens (tertiary/aromatic N) is 2. The molecule has 1 saturated heterocycles. The van der Waals surface area contributed by atoms with Crippen LogP contribution in [0.5, 0.6) is 0 Å². The fourth-order valence-electron chi connectivity index (χ4n) is 3.59. The lowest BCUT2D eigenvalue weighted by Crippen LogP contribution is -2.49. The van der Waals surface area contributed by atoms with Crippen LogP contribution in [0.15, 0.2) is 78.9 Å². The van der Waals surface area contributed by atoms with Crippen molar-refractivity contribution in [1.29, 1.82) is 0 Å². The first-order valence-corrected chi connectivity index (χ1v) is 10.1. The van der Waals surface area contributed by atoms with Gasteiger partial charge < -0.3 is 15.5 Å². The molecule has 1 aliphatic rings. The molecule has 3 aromatic rings. The van der Waals surface area contributed by atoms with E-state index in [9.17, 15) is 14.0 Å². The summed E-state index contributed by atoms with van der Waals surface area (Å²) >= 11 is 0. The molecule has 0 bridgehead atoms. The number of hydrogen-bond donors (Lipinski definition) is 2. The Morgan fingerprint density at radius 2 is 1.61 bits per heavy atom. The molecule has 3 aromatic carbocycles. The van der Waals surface area contributed by atoms with E-state index in [1.54, 1.807) is 46.2 Å². The summed E-state index contributed by atoms with van der Waals surface area (Å²) in [5.41, 5.74) is 2.73. The van der Waals surface area contributed by atoms with Crippen molar-refractivity contribution < 1.29 is 14.0 Å². The molecule has 6 nitrogen and oxygen atoms in total. The van der Waals surface area contributed by atoms with Crippen molar-refractivity contribution in [2.45, 2.75) is 13.0 Å². The maximum Gasteiger partial charge on any atom is 0.324 e. The topological polar surface area (TPSA) is 64.7 Å². The van der Waals surface area contributed by atoms with Gasteiger partial charge in [0.1, 0.15) is 5.82 Å². The second kappa shape index (κ2) is 9.30. The van der Waals surface area contributed by atoms with E-state index in [0.29, 0.717) is 36.7 Å². The van der Waals surface area contributed by atoms with Crippen molar-refractivity contribution in [3.05, 3.63) is 90.2 Å². The SMILES string of the molecule is O=C(Nc1ccccc1)Nc1cccc(N2CCCN(Cc3cccc(F)c3)C2=O)c1. The largest absolute Gasteiger partial charge is 0.324 e. The number of urea groups is 2. The summed E-state index contributed by atoms with van der Waals surface area (Å²) in [5.74, 6) is -0.314. The van der Waals surface area contributed by atoms with E-state index in [1.807, 2.05) is 30.3 Å². The molecule has 1 aliphatic heterocycles. The first-order valence-electron chi connectivity index (χ1n) is 10.1. The second-order valence-corrected chi connectivity index (χ2v) is 7.33. The molecular formula is C24H23FN4O2. The molecule has 0 aliphatic carbocycles. The minimum atomic E-state index is -0.360. The zero-order chi connectivity index (χ0) is 21.6. The van der Waals surface area contributed by atoms with Crippen molar-refractivity contribution in [2.24, 2.45) is 0 Å². The van der Waals surface area contributed by atoms with Crippen LogP contribution in [0.2, 0.25) is 0 Å². The molecule has 1 heterocycles. The number of hydrogen-bond acceptors (Lipinski definition) is 2. The summed E-state index contributed by atoms with van der Waals surface area (Å²) in [6, 6.07) is 22.1. The Labute approximate surface area is 180 Å². The Hall–Kier alpha value is -3.87. The summed E-state index contributed by atoms with van der Waals surface area (Å²) in [5, 5.41) is 5.57. The van der Waals surface area contributed by atoms with Gasteiger partial charge in [-0.05, 0) is 54.4 Å². The molecule has 0 unspecified atom stereocenters. The van der Waals surface area contributed by atoms with Crippen LogP contribution in [-0.4, -0.2) is 30.1 Å². The van der Waals surface area contributed by atoms with Gasteiger partial charge in [0.15, 0.2) is 0 Å². The van der Waals surface area contributed by atoms with E-state index in [-0.39, 0.29) is 17.9 Å². The maximum atomic E-state index is 13.5. The van der Waals surface area contributed by atoms with E-state index in [4.69, 9.17) is 0 Å². The Kier molecular flexibility index (Phi) is 6.12. The summed E-state index contributed by atoms with van der Waals surface area (Å²) in [6.45, 7) is 1.55. The van der Waals surface area contributed by atoms with Gasteiger partial charge in [-0.15, -0.1) is 0 Å². The number of benzene rings is 3. The Morgan fingerprint density at radius 3 is 2.42 bits per heavy atom. The maximum absolute atomic E-state index is 13.5. The molecule has 7 heteroatoms. The van der Waals surface area contributed by atoms with Crippen LogP contribution in [0.1, 0.15) is 12.0 Å². The van der Waals surface area contributed by atoms with Gasteiger partial charge in [0, 0.05) is 36.7 Å². The third kappa shape index (κ3) is 5.19. The van der Waals surface area contributed by atoms with Crippen LogP contribution in [-0.2, 0) is 6.54 Å². The molecule has 0 aromatic heterocycles. The van der Waals surface area contributed by atoms with E-state index in [0.717, 1.165) is 12.0 Å². The van der Waals surface area contributed by atoms with Gasteiger partial charge in [0.25, 0.3) is 0 Å². The van der Waals surface area contributed by atoms with Crippen LogP contribution in [0.3, 0.4) is 0 Å². The highest BCUT2D eigenvalue weighted by atomic mass is 19.1. The van der Waals surface area contributed by atoms with Crippen molar-refractivity contribution in [3.8, 4) is 0 Å². The summed E-state index contributed by atoms with van der Waals surface area (Å²) in [4.78, 5) is 28.7. The van der Waals surface area contributed by atoms with Crippen molar-refractivity contribution in [3.63, 3.8) is 0 Å². The van der Waals surface area contributed by atoms with Gasteiger partial charge in [0.05, 0.1) is 0 Å². The highest BCUT2D eigenvalue weighted by molar-refractivity contribution is 6.00. The molecule has 0 spiro atoms. The number of amides is 4. The molecule has 0 saturated carbocycles. The van der Waals surface area contributed by atoms with Crippen LogP contribution < -0.4 is 15.5 Å². The monoisotopic (exact) mass is 418 g/mol. The van der Waals surface area contributed by atoms with Crippen LogP contribution in [0, 0.1) is 5.82 Å². The van der Waals surface area contributed by atoms with Gasteiger partial charge in [-0.1, -0.05) is 36.4 Å². The molecule has 4 rings (SSSR count). The van der Waals surface area contributed by atoms with Crippen molar-refractivity contribution in [2.75, 3.05) is 28.6 Å². The summed E-state index contributed by atoms with van der Waals surface area (Å²) in [7, 11) is 0. The average Bonchev–Trinajstić information content (AvgIpc) is 2.76. The minimum Gasteiger partial charge on any atom is -0.320 e. The Morgan fingerprint density at radius 1 is 0.871 bits per heavy atom. The van der Waals surface area contributed by atoms with Crippen LogP contribution in [0.25, 0.3) is 0 Å². The number of halogens is 1. The van der Waals surface area contributed by atoms with Gasteiger partial charge in [-0.3, -0.25) is 4.90 Å². The molecular weight excluding hydrogens is 395 g/mol. The molecule has 4 amide bonds. The number of carbonyl (C=O) groups is 2. The molecule has 0 atom stereocenters. The molecule has 2 N–H and O–H groups in total. The number of rotatable bonds is 5. The zero-order valence-corrected chi connectivity index (χ0v) is 16.9. The fraction of sp³-hybridized carbons (Fsp3) is 0.167. The lowest BCUT2D eigenvalue weighted by atomic mass is 10.1. The number of para-hydroxylation sites is 1. The number of anilines is 3. The lowest BCUT2D eigenvalue weighted by molar-refractivity contribution is 0.192. The van der Waals surface area contributed by atoms with Gasteiger partial charge >= 0.3 is 12.1 Å². The fourth-order valence-corrected chi connectivity index (χ4v) is 3.59. The third-order valence-corrected chi connectivity index (χ3v) is 5.02. The van der Waals surface area contributed by atoms with E-state index < -0.39 is 0 Å². The molecule has 158 valence electrons. The van der Waals surface area contributed by atoms with Crippen molar-refractivity contribution >= 4 is 29.1 Å². The van der Waals surface area contributed by atoms with Crippen LogP contribution >= 0.6 is 0 Å². The second-order valence-electron chi connectivity index (χ2n) is 7.33. The third-order valence-electron chi connectivity index (χ3n) is 5.02. The van der Waals surface area contributed by atoms with Gasteiger partial charge in [-0.25, -0.2) is 14.0 Å². The first-order chi connectivity index (χ1) is 15.1. The molecule has 31 heavy (non-hydrogen) atoms. The zero-order valence-electron chi connectivity index (χ0n) is 16.9. The normalized spacial score (nSPS) is 13.8. The number of carbonyl (C=O) groups excluding carboxylic acids is 2. The first kappa shape index (κ1) is 20.4. The Bertz CT molecular complexity index is 1070. The Balaban J connectivity index is 1.43. The van der Waals surface area contributed by atoms with Crippen LogP contribution in [0.4, 0.5) is 31.0 Å². The molecule has 0 radical (unpaired) electrons. The average molecular weight is 418 g/mol. The summed E-state index contributed by atoms with van der Waals surface area (Å²) in [6.07, 6.45) is 0.799. The van der Waals surface area contributed by atoms with E-state index in [2.05, 4.69) is 10.6 Å².